The molecule has 0 aliphatic heterocycles. The first-order valence-electron chi connectivity index (χ1n) is 6.36. The highest BCUT2D eigenvalue weighted by atomic mass is 79.9. The molecule has 1 saturated carbocycles. The Kier molecular flexibility index (Phi) is 3.36. The SMILES string of the molecule is NCC1(Cc2nc(-c3ncccc3Br)no2)CCC1. The Labute approximate surface area is 119 Å². The van der Waals surface area contributed by atoms with E-state index in [4.69, 9.17) is 10.3 Å². The van der Waals surface area contributed by atoms with Crippen LogP contribution >= 0.6 is 15.9 Å². The molecule has 0 unspecified atom stereocenters. The molecule has 0 amide bonds. The standard InChI is InChI=1S/C13H15BrN4O/c14-9-3-1-6-16-11(9)12-17-10(19-18-12)7-13(8-15)4-2-5-13/h1,3,6H,2,4-5,7-8,15H2. The zero-order valence-corrected chi connectivity index (χ0v) is 12.1. The lowest BCUT2D eigenvalue weighted by atomic mass is 9.67. The molecule has 19 heavy (non-hydrogen) atoms. The fourth-order valence-corrected chi connectivity index (χ4v) is 2.86. The van der Waals surface area contributed by atoms with Crippen LogP contribution in [-0.4, -0.2) is 21.7 Å². The van der Waals surface area contributed by atoms with Crippen molar-refractivity contribution in [2.75, 3.05) is 6.54 Å². The van der Waals surface area contributed by atoms with Crippen molar-refractivity contribution in [3.05, 3.63) is 28.7 Å². The van der Waals surface area contributed by atoms with Crippen molar-refractivity contribution >= 4 is 15.9 Å². The second-order valence-electron chi connectivity index (χ2n) is 5.08. The van der Waals surface area contributed by atoms with Crippen LogP contribution in [-0.2, 0) is 6.42 Å². The van der Waals surface area contributed by atoms with E-state index in [2.05, 4.69) is 31.1 Å². The summed E-state index contributed by atoms with van der Waals surface area (Å²) < 4.78 is 6.19. The highest BCUT2D eigenvalue weighted by molar-refractivity contribution is 9.10. The van der Waals surface area contributed by atoms with Gasteiger partial charge in [-0.05, 0) is 52.9 Å². The van der Waals surface area contributed by atoms with Crippen molar-refractivity contribution < 1.29 is 4.52 Å². The Morgan fingerprint density at radius 1 is 1.42 bits per heavy atom. The third kappa shape index (κ3) is 2.42. The van der Waals surface area contributed by atoms with E-state index in [1.54, 1.807) is 6.20 Å². The highest BCUT2D eigenvalue weighted by Gasteiger charge is 2.37. The van der Waals surface area contributed by atoms with Crippen LogP contribution in [0.1, 0.15) is 25.2 Å². The van der Waals surface area contributed by atoms with E-state index in [0.717, 1.165) is 23.7 Å². The highest BCUT2D eigenvalue weighted by Crippen LogP contribution is 2.42. The summed E-state index contributed by atoms with van der Waals surface area (Å²) in [5.41, 5.74) is 6.72. The number of hydrogen-bond acceptors (Lipinski definition) is 5. The molecule has 1 aliphatic carbocycles. The molecule has 1 aliphatic rings. The smallest absolute Gasteiger partial charge is 0.227 e. The number of nitrogens with zero attached hydrogens (tertiary/aromatic N) is 3. The van der Waals surface area contributed by atoms with Crippen LogP contribution in [0.5, 0.6) is 0 Å². The van der Waals surface area contributed by atoms with Gasteiger partial charge in [0.2, 0.25) is 11.7 Å². The number of halogens is 1. The summed E-state index contributed by atoms with van der Waals surface area (Å²) in [7, 11) is 0. The molecule has 0 radical (unpaired) electrons. The maximum Gasteiger partial charge on any atom is 0.227 e. The lowest BCUT2D eigenvalue weighted by molar-refractivity contribution is 0.129. The molecule has 0 saturated heterocycles. The van der Waals surface area contributed by atoms with Gasteiger partial charge in [-0.3, -0.25) is 4.98 Å². The molecule has 1 fully saturated rings. The van der Waals surface area contributed by atoms with Gasteiger partial charge in [-0.1, -0.05) is 11.6 Å². The molecule has 5 nitrogen and oxygen atoms in total. The second kappa shape index (κ2) is 5.02. The van der Waals surface area contributed by atoms with Crippen molar-refractivity contribution in [3.63, 3.8) is 0 Å². The average molecular weight is 323 g/mol. The summed E-state index contributed by atoms with van der Waals surface area (Å²) >= 11 is 3.44. The van der Waals surface area contributed by atoms with Crippen molar-refractivity contribution in [2.45, 2.75) is 25.7 Å². The van der Waals surface area contributed by atoms with E-state index in [-0.39, 0.29) is 5.41 Å². The molecule has 0 aromatic carbocycles. The van der Waals surface area contributed by atoms with Crippen LogP contribution in [0.25, 0.3) is 11.5 Å². The first-order chi connectivity index (χ1) is 9.22. The molecule has 2 N–H and O–H groups in total. The predicted octanol–water partition coefficient (Wildman–Crippen LogP) is 2.57. The molecular weight excluding hydrogens is 308 g/mol. The van der Waals surface area contributed by atoms with E-state index < -0.39 is 0 Å². The summed E-state index contributed by atoms with van der Waals surface area (Å²) in [5.74, 6) is 1.17. The lowest BCUT2D eigenvalue weighted by Gasteiger charge is -2.39. The minimum atomic E-state index is 0.172. The number of aromatic nitrogens is 3. The minimum absolute atomic E-state index is 0.172. The van der Waals surface area contributed by atoms with Crippen molar-refractivity contribution in [3.8, 4) is 11.5 Å². The Balaban J connectivity index is 1.82. The molecule has 0 spiro atoms. The molecular formula is C13H15BrN4O. The zero-order valence-electron chi connectivity index (χ0n) is 10.5. The van der Waals surface area contributed by atoms with E-state index in [1.807, 2.05) is 12.1 Å². The van der Waals surface area contributed by atoms with Crippen molar-refractivity contribution in [1.82, 2.24) is 15.1 Å². The quantitative estimate of drug-likeness (QED) is 0.935. The van der Waals surface area contributed by atoms with Crippen LogP contribution in [0.2, 0.25) is 0 Å². The Bertz CT molecular complexity index is 574. The van der Waals surface area contributed by atoms with E-state index in [9.17, 15) is 0 Å². The number of rotatable bonds is 4. The van der Waals surface area contributed by atoms with Gasteiger partial charge in [0, 0.05) is 17.1 Å². The van der Waals surface area contributed by atoms with Gasteiger partial charge in [0.15, 0.2) is 0 Å². The Morgan fingerprint density at radius 3 is 2.89 bits per heavy atom. The molecule has 100 valence electrons. The van der Waals surface area contributed by atoms with Gasteiger partial charge in [0.05, 0.1) is 0 Å². The van der Waals surface area contributed by atoms with E-state index >= 15 is 0 Å². The van der Waals surface area contributed by atoms with Crippen LogP contribution < -0.4 is 5.73 Å². The van der Waals surface area contributed by atoms with Gasteiger partial charge < -0.3 is 10.3 Å². The first-order valence-corrected chi connectivity index (χ1v) is 7.15. The van der Waals surface area contributed by atoms with Gasteiger partial charge in [0.1, 0.15) is 5.69 Å². The third-order valence-corrected chi connectivity index (χ3v) is 4.45. The summed E-state index contributed by atoms with van der Waals surface area (Å²) in [4.78, 5) is 8.69. The maximum absolute atomic E-state index is 5.85. The average Bonchev–Trinajstić information content (AvgIpc) is 2.83. The molecule has 0 bridgehead atoms. The first kappa shape index (κ1) is 12.7. The zero-order chi connectivity index (χ0) is 13.3. The third-order valence-electron chi connectivity index (χ3n) is 3.81. The van der Waals surface area contributed by atoms with Crippen molar-refractivity contribution in [2.24, 2.45) is 11.1 Å². The summed E-state index contributed by atoms with van der Waals surface area (Å²) in [5, 5.41) is 4.00. The molecule has 6 heteroatoms. The van der Waals surface area contributed by atoms with Gasteiger partial charge in [-0.2, -0.15) is 4.98 Å². The monoisotopic (exact) mass is 322 g/mol. The number of pyridine rings is 1. The van der Waals surface area contributed by atoms with Gasteiger partial charge >= 0.3 is 0 Å². The second-order valence-corrected chi connectivity index (χ2v) is 5.93. The lowest BCUT2D eigenvalue weighted by Crippen LogP contribution is -2.39. The van der Waals surface area contributed by atoms with E-state index in [0.29, 0.717) is 24.0 Å². The van der Waals surface area contributed by atoms with E-state index in [1.165, 1.54) is 6.42 Å². The van der Waals surface area contributed by atoms with Crippen LogP contribution in [0.3, 0.4) is 0 Å². The number of hydrogen-bond donors (Lipinski definition) is 1. The van der Waals surface area contributed by atoms with Gasteiger partial charge in [0.25, 0.3) is 0 Å². The van der Waals surface area contributed by atoms with Gasteiger partial charge in [-0.15, -0.1) is 0 Å². The summed E-state index contributed by atoms with van der Waals surface area (Å²) in [6, 6.07) is 3.76. The summed E-state index contributed by atoms with van der Waals surface area (Å²) in [6.07, 6.45) is 6.01. The molecule has 2 heterocycles. The molecule has 3 rings (SSSR count). The topological polar surface area (TPSA) is 77.8 Å². The Morgan fingerprint density at radius 2 is 2.26 bits per heavy atom. The fraction of sp³-hybridized carbons (Fsp3) is 0.462. The van der Waals surface area contributed by atoms with Crippen LogP contribution in [0, 0.1) is 5.41 Å². The van der Waals surface area contributed by atoms with Gasteiger partial charge in [-0.25, -0.2) is 0 Å². The Hall–Kier alpha value is -1.27. The fourth-order valence-electron chi connectivity index (χ4n) is 2.42. The maximum atomic E-state index is 5.85. The van der Waals surface area contributed by atoms with Crippen molar-refractivity contribution in [1.29, 1.82) is 0 Å². The number of nitrogens with two attached hydrogens (primary N) is 1. The minimum Gasteiger partial charge on any atom is -0.339 e. The molecule has 0 atom stereocenters. The predicted molar refractivity (Wildman–Crippen MR) is 74.3 cm³/mol. The molecule has 2 aromatic heterocycles. The molecule has 2 aromatic rings. The van der Waals surface area contributed by atoms with Crippen LogP contribution in [0.4, 0.5) is 0 Å². The largest absolute Gasteiger partial charge is 0.339 e. The summed E-state index contributed by atoms with van der Waals surface area (Å²) in [6.45, 7) is 0.679. The normalized spacial score (nSPS) is 17.2. The van der Waals surface area contributed by atoms with Crippen LogP contribution in [0.15, 0.2) is 27.3 Å².